The van der Waals surface area contributed by atoms with Gasteiger partial charge < -0.3 is 19.0 Å². The molecule has 1 saturated heterocycles. The molecule has 0 unspecified atom stereocenters. The van der Waals surface area contributed by atoms with Gasteiger partial charge >= 0.3 is 0 Å². The largest absolute Gasteiger partial charge is 0.404 e. The van der Waals surface area contributed by atoms with Crippen LogP contribution < -0.4 is 10.4 Å². The minimum atomic E-state index is -2.81. The summed E-state index contributed by atoms with van der Waals surface area (Å²) in [5.74, 6) is 2.67. The highest BCUT2D eigenvalue weighted by Gasteiger charge is 2.57. The number of hydrogen-bond acceptors (Lipinski definition) is 4. The van der Waals surface area contributed by atoms with Crippen LogP contribution in [0.4, 0.5) is 0 Å². The van der Waals surface area contributed by atoms with Crippen LogP contribution in [0.2, 0.25) is 5.04 Å². The Hall–Kier alpha value is -1.88. The fraction of sp³-hybridized carbons (Fsp3) is 0.440. The topological polar surface area (TPSA) is 47.9 Å². The Morgan fingerprint density at radius 3 is 2.03 bits per heavy atom. The van der Waals surface area contributed by atoms with Gasteiger partial charge in [-0.15, -0.1) is 12.3 Å². The van der Waals surface area contributed by atoms with Crippen molar-refractivity contribution in [2.75, 3.05) is 13.7 Å². The number of hydrogen-bond donors (Lipinski definition) is 1. The monoisotopic (exact) mass is 434 g/mol. The predicted molar refractivity (Wildman–Crippen MR) is 127 cm³/mol. The van der Waals surface area contributed by atoms with Crippen LogP contribution in [0.5, 0.6) is 0 Å². The van der Waals surface area contributed by atoms with E-state index in [2.05, 4.69) is 51.0 Å². The lowest BCUT2D eigenvalue weighted by atomic mass is 9.88. The van der Waals surface area contributed by atoms with Crippen molar-refractivity contribution in [3.63, 3.8) is 0 Å². The summed E-state index contributed by atoms with van der Waals surface area (Å²) in [6.45, 7) is 6.78. The molecule has 1 N–H and O–H groups in total. The van der Waals surface area contributed by atoms with Crippen molar-refractivity contribution in [1.29, 1.82) is 0 Å². The van der Waals surface area contributed by atoms with Gasteiger partial charge in [0.1, 0.15) is 25.7 Å². The molecule has 4 atom stereocenters. The smallest absolute Gasteiger partial charge is 0.261 e. The molecule has 2 aromatic carbocycles. The van der Waals surface area contributed by atoms with E-state index in [0.717, 1.165) is 10.4 Å². The van der Waals surface area contributed by atoms with Gasteiger partial charge in [-0.25, -0.2) is 0 Å². The molecule has 4 nitrogen and oxygen atoms in total. The molecule has 0 aromatic heterocycles. The molecule has 0 spiro atoms. The number of terminal acetylenes is 1. The summed E-state index contributed by atoms with van der Waals surface area (Å²) >= 11 is 0. The number of rotatable bonds is 7. The lowest BCUT2D eigenvalue weighted by molar-refractivity contribution is -0.105. The Balaban J connectivity index is 2.12. The fourth-order valence-electron chi connectivity index (χ4n) is 4.72. The van der Waals surface area contributed by atoms with Gasteiger partial charge in [-0.3, -0.25) is 0 Å². The maximum Gasteiger partial charge on any atom is 0.261 e. The van der Waals surface area contributed by atoms with Gasteiger partial charge in [0, 0.05) is 19.5 Å². The summed E-state index contributed by atoms with van der Waals surface area (Å²) in [6, 6.07) is 19.8. The van der Waals surface area contributed by atoms with Crippen LogP contribution in [0.25, 0.3) is 0 Å². The van der Waals surface area contributed by atoms with Gasteiger partial charge in [0.15, 0.2) is 0 Å². The van der Waals surface area contributed by atoms with E-state index in [4.69, 9.17) is 28.2 Å². The molecule has 1 aliphatic heterocycles. The summed E-state index contributed by atoms with van der Waals surface area (Å²) in [5, 5.41) is 12.7. The molecule has 1 fully saturated rings. The van der Waals surface area contributed by atoms with Crippen LogP contribution in [0, 0.1) is 12.3 Å². The Morgan fingerprint density at radius 1 is 1.10 bits per heavy atom. The molecule has 0 bridgehead atoms. The Kier molecular flexibility index (Phi) is 7.15. The maximum absolute atomic E-state index is 10.6. The van der Waals surface area contributed by atoms with Crippen molar-refractivity contribution in [2.24, 2.45) is 0 Å². The van der Waals surface area contributed by atoms with Crippen LogP contribution >= 0.6 is 0 Å². The normalized spacial score (nSPS) is 26.5. The van der Waals surface area contributed by atoms with Gasteiger partial charge in [-0.05, 0) is 15.4 Å². The van der Waals surface area contributed by atoms with E-state index in [1.807, 2.05) is 36.4 Å². The first-order valence-corrected chi connectivity index (χ1v) is 12.5. The third kappa shape index (κ3) is 4.26. The van der Waals surface area contributed by atoms with Crippen molar-refractivity contribution in [3.8, 4) is 12.3 Å². The minimum absolute atomic E-state index is 0.160. The van der Waals surface area contributed by atoms with Gasteiger partial charge in [0.25, 0.3) is 8.32 Å². The van der Waals surface area contributed by atoms with Crippen LogP contribution in [0.15, 0.2) is 60.7 Å². The summed E-state index contributed by atoms with van der Waals surface area (Å²) in [5.41, 5.74) is -1.03. The van der Waals surface area contributed by atoms with Crippen LogP contribution in [-0.4, -0.2) is 58.8 Å². The van der Waals surface area contributed by atoms with Gasteiger partial charge in [0.2, 0.25) is 0 Å². The van der Waals surface area contributed by atoms with Gasteiger partial charge in [-0.2, -0.15) is 0 Å². The molecule has 3 rings (SSSR count). The number of ether oxygens (including phenoxy) is 2. The average molecular weight is 434 g/mol. The number of methoxy groups -OCH3 is 1. The second kappa shape index (κ2) is 9.32. The zero-order valence-corrected chi connectivity index (χ0v) is 19.7. The van der Waals surface area contributed by atoms with E-state index >= 15 is 0 Å². The predicted octanol–water partition coefficient (Wildman–Crippen LogP) is 2.23. The molecule has 2 aromatic rings. The Bertz CT molecular complexity index is 854. The van der Waals surface area contributed by atoms with Gasteiger partial charge in [0.05, 0.1) is 6.61 Å². The summed E-state index contributed by atoms with van der Waals surface area (Å²) in [4.78, 5) is 0. The zero-order chi connectivity index (χ0) is 22.7. The molecule has 0 amide bonds. The fourth-order valence-corrected chi connectivity index (χ4v) is 9.34. The first kappa shape index (κ1) is 23.8. The SMILES string of the molecule is [B][C@@H]1O[C@](CC#C)(CO[Si](c2ccccc2)(c2ccccc2)C(C)(C)C)[C@@H](OC)[C@H]1O. The Labute approximate surface area is 188 Å². The lowest BCUT2D eigenvalue weighted by Crippen LogP contribution is -2.68. The molecule has 2 radical (unpaired) electrons. The van der Waals surface area contributed by atoms with Crippen molar-refractivity contribution >= 4 is 26.5 Å². The molecule has 6 heteroatoms. The molecule has 0 aliphatic carbocycles. The molecule has 31 heavy (non-hydrogen) atoms. The molecular formula is C25H31BO4Si. The third-order valence-electron chi connectivity index (χ3n) is 6.14. The molecular weight excluding hydrogens is 403 g/mol. The highest BCUT2D eigenvalue weighted by Crippen LogP contribution is 2.40. The second-order valence-corrected chi connectivity index (χ2v) is 13.4. The van der Waals surface area contributed by atoms with E-state index in [1.54, 1.807) is 0 Å². The number of aliphatic hydroxyl groups is 1. The summed E-state index contributed by atoms with van der Waals surface area (Å²) in [7, 11) is 4.76. The van der Waals surface area contributed by atoms with Crippen molar-refractivity contribution in [3.05, 3.63) is 60.7 Å². The van der Waals surface area contributed by atoms with Gasteiger partial charge in [-0.1, -0.05) is 81.4 Å². The standard InChI is InChI=1S/C25H31BO4Si/c1-6-17-25(22(28-5)21(27)23(26)30-25)18-29-31(24(2,3)4,19-13-9-7-10-14-19)20-15-11-8-12-16-20/h1,7-16,21-23,27H,17-18H2,2-5H3/t21-,22+,23-,25-/m1/s1. The van der Waals surface area contributed by atoms with E-state index in [9.17, 15) is 5.11 Å². The first-order chi connectivity index (χ1) is 14.7. The third-order valence-corrected chi connectivity index (χ3v) is 11.1. The highest BCUT2D eigenvalue weighted by molar-refractivity contribution is 6.99. The van der Waals surface area contributed by atoms with E-state index in [1.165, 1.54) is 7.11 Å². The molecule has 1 heterocycles. The van der Waals surface area contributed by atoms with Crippen molar-refractivity contribution in [1.82, 2.24) is 0 Å². The van der Waals surface area contributed by atoms with Crippen molar-refractivity contribution < 1.29 is 19.0 Å². The molecule has 0 saturated carbocycles. The zero-order valence-electron chi connectivity index (χ0n) is 18.7. The number of aliphatic hydroxyl groups excluding tert-OH is 1. The Morgan fingerprint density at radius 2 is 1.61 bits per heavy atom. The second-order valence-electron chi connectivity index (χ2n) is 9.13. The molecule has 162 valence electrons. The average Bonchev–Trinajstić information content (AvgIpc) is 2.98. The van der Waals surface area contributed by atoms with Crippen LogP contribution in [-0.2, 0) is 13.9 Å². The van der Waals surface area contributed by atoms with Crippen LogP contribution in [0.1, 0.15) is 27.2 Å². The summed E-state index contributed by atoms with van der Waals surface area (Å²) in [6.07, 6.45) is 4.24. The first-order valence-electron chi connectivity index (χ1n) is 10.5. The maximum atomic E-state index is 10.6. The van der Waals surface area contributed by atoms with E-state index in [0.29, 0.717) is 0 Å². The van der Waals surface area contributed by atoms with E-state index < -0.39 is 32.1 Å². The van der Waals surface area contributed by atoms with Crippen LogP contribution in [0.3, 0.4) is 0 Å². The lowest BCUT2D eigenvalue weighted by Gasteiger charge is -2.45. The highest BCUT2D eigenvalue weighted by atomic mass is 28.4. The molecule has 1 aliphatic rings. The quantitative estimate of drug-likeness (QED) is 0.537. The van der Waals surface area contributed by atoms with Crippen molar-refractivity contribution in [2.45, 2.75) is 56.0 Å². The summed E-state index contributed by atoms with van der Waals surface area (Å²) < 4.78 is 18.7. The number of benzene rings is 2. The van der Waals surface area contributed by atoms with E-state index in [-0.39, 0.29) is 18.1 Å². The minimum Gasteiger partial charge on any atom is -0.404 e.